The molecular formula is C25H32N4O3Si. The van der Waals surface area contributed by atoms with Gasteiger partial charge in [0.1, 0.15) is 12.3 Å². The van der Waals surface area contributed by atoms with Crippen LogP contribution in [0.25, 0.3) is 22.4 Å². The van der Waals surface area contributed by atoms with Crippen molar-refractivity contribution >= 4 is 24.7 Å². The van der Waals surface area contributed by atoms with E-state index in [1.807, 2.05) is 24.4 Å². The zero-order valence-corrected chi connectivity index (χ0v) is 21.0. The Labute approximate surface area is 194 Å². The molecule has 0 fully saturated rings. The summed E-state index contributed by atoms with van der Waals surface area (Å²) in [4.78, 5) is 12.9. The van der Waals surface area contributed by atoms with Gasteiger partial charge >= 0.3 is 0 Å². The molecule has 4 aromatic rings. The summed E-state index contributed by atoms with van der Waals surface area (Å²) in [5.74, 6) is 0.530. The highest BCUT2D eigenvalue weighted by molar-refractivity contribution is 6.76. The summed E-state index contributed by atoms with van der Waals surface area (Å²) in [5.41, 5.74) is 9.80. The van der Waals surface area contributed by atoms with Crippen LogP contribution in [0.2, 0.25) is 25.7 Å². The van der Waals surface area contributed by atoms with E-state index < -0.39 is 8.07 Å². The second-order valence-corrected chi connectivity index (χ2v) is 15.4. The standard InChI is InChI=1S/C25H32N4O3Si/c1-17(18-9-7-6-8-10-18)20-14-28(2)25(30)19-13-22(32-24(19)20)23-21(26)15-29(27-23)16-31-11-12-33(3,4)5/h6-10,13-15,17H,11-12,16,26H2,1-5H3. The molecule has 7 nitrogen and oxygen atoms in total. The Kier molecular flexibility index (Phi) is 6.31. The molecule has 0 amide bonds. The van der Waals surface area contributed by atoms with Gasteiger partial charge in [0.2, 0.25) is 0 Å². The Hall–Kier alpha value is -3.10. The molecule has 8 heteroatoms. The lowest BCUT2D eigenvalue weighted by atomic mass is 9.93. The third-order valence-electron chi connectivity index (χ3n) is 5.89. The van der Waals surface area contributed by atoms with E-state index in [2.05, 4.69) is 43.8 Å². The lowest BCUT2D eigenvalue weighted by molar-refractivity contribution is 0.0787. The van der Waals surface area contributed by atoms with Crippen molar-refractivity contribution in [2.24, 2.45) is 7.05 Å². The average Bonchev–Trinajstić information content (AvgIpc) is 3.37. The Balaban J connectivity index is 1.67. The van der Waals surface area contributed by atoms with E-state index in [0.717, 1.165) is 17.2 Å². The van der Waals surface area contributed by atoms with Gasteiger partial charge in [-0.2, -0.15) is 5.10 Å². The van der Waals surface area contributed by atoms with Gasteiger partial charge in [0, 0.05) is 39.4 Å². The Morgan fingerprint density at radius 3 is 2.61 bits per heavy atom. The van der Waals surface area contributed by atoms with E-state index in [-0.39, 0.29) is 11.5 Å². The number of benzene rings is 1. The van der Waals surface area contributed by atoms with Crippen LogP contribution in [0.5, 0.6) is 0 Å². The molecule has 3 heterocycles. The number of furan rings is 1. The molecular weight excluding hydrogens is 432 g/mol. The Morgan fingerprint density at radius 2 is 1.91 bits per heavy atom. The summed E-state index contributed by atoms with van der Waals surface area (Å²) < 4.78 is 15.3. The summed E-state index contributed by atoms with van der Waals surface area (Å²) >= 11 is 0. The molecule has 174 valence electrons. The molecule has 0 aliphatic heterocycles. The highest BCUT2D eigenvalue weighted by Crippen LogP contribution is 2.34. The molecule has 1 unspecified atom stereocenters. The van der Waals surface area contributed by atoms with Crippen LogP contribution in [0, 0.1) is 0 Å². The smallest absolute Gasteiger partial charge is 0.261 e. The highest BCUT2D eigenvalue weighted by atomic mass is 28.3. The van der Waals surface area contributed by atoms with E-state index in [1.165, 1.54) is 0 Å². The van der Waals surface area contributed by atoms with Crippen LogP contribution in [0.4, 0.5) is 5.69 Å². The molecule has 0 aliphatic carbocycles. The van der Waals surface area contributed by atoms with Crippen molar-refractivity contribution in [3.05, 3.63) is 70.3 Å². The Bertz CT molecular complexity index is 1320. The van der Waals surface area contributed by atoms with Crippen LogP contribution in [-0.2, 0) is 18.5 Å². The zero-order valence-electron chi connectivity index (χ0n) is 20.0. The van der Waals surface area contributed by atoms with E-state index in [1.54, 1.807) is 28.6 Å². The topological polar surface area (TPSA) is 88.2 Å². The van der Waals surface area contributed by atoms with Gasteiger partial charge in [-0.05, 0) is 17.7 Å². The second kappa shape index (κ2) is 9.03. The minimum atomic E-state index is -1.15. The number of ether oxygens (including phenoxy) is 1. The molecule has 0 spiro atoms. The van der Waals surface area contributed by atoms with Gasteiger partial charge in [-0.1, -0.05) is 56.9 Å². The van der Waals surface area contributed by atoms with Crippen molar-refractivity contribution in [1.82, 2.24) is 14.3 Å². The first-order valence-electron chi connectivity index (χ1n) is 11.2. The highest BCUT2D eigenvalue weighted by Gasteiger charge is 2.22. The molecule has 2 N–H and O–H groups in total. The van der Waals surface area contributed by atoms with Gasteiger partial charge in [0.25, 0.3) is 5.56 Å². The maximum atomic E-state index is 12.9. The van der Waals surface area contributed by atoms with Crippen molar-refractivity contribution in [3.8, 4) is 11.5 Å². The Morgan fingerprint density at radius 1 is 1.18 bits per heavy atom. The SMILES string of the molecule is CC(c1ccccc1)c1cn(C)c(=O)c2cc(-c3nn(COCC[Si](C)(C)C)cc3N)oc12. The maximum absolute atomic E-state index is 12.9. The lowest BCUT2D eigenvalue weighted by Crippen LogP contribution is -2.22. The third kappa shape index (κ3) is 4.96. The molecule has 4 rings (SSSR count). The molecule has 1 atom stereocenters. The van der Waals surface area contributed by atoms with E-state index in [4.69, 9.17) is 14.9 Å². The van der Waals surface area contributed by atoms with E-state index in [0.29, 0.717) is 41.4 Å². The largest absolute Gasteiger partial charge is 0.454 e. The van der Waals surface area contributed by atoms with Crippen molar-refractivity contribution < 1.29 is 9.15 Å². The normalized spacial score (nSPS) is 13.0. The summed E-state index contributed by atoms with van der Waals surface area (Å²) in [5, 5.41) is 5.09. The zero-order chi connectivity index (χ0) is 23.8. The number of aryl methyl sites for hydroxylation is 1. The van der Waals surface area contributed by atoms with Crippen LogP contribution in [0.15, 0.2) is 58.0 Å². The number of aromatic nitrogens is 3. The van der Waals surface area contributed by atoms with Crippen molar-refractivity contribution in [2.75, 3.05) is 12.3 Å². The number of nitrogens with two attached hydrogens (primary N) is 1. The lowest BCUT2D eigenvalue weighted by Gasteiger charge is -2.15. The fourth-order valence-electron chi connectivity index (χ4n) is 3.86. The van der Waals surface area contributed by atoms with Crippen molar-refractivity contribution in [3.63, 3.8) is 0 Å². The van der Waals surface area contributed by atoms with Gasteiger partial charge in [0.05, 0.1) is 17.3 Å². The van der Waals surface area contributed by atoms with Crippen LogP contribution >= 0.6 is 0 Å². The molecule has 0 saturated heterocycles. The number of hydrogen-bond donors (Lipinski definition) is 1. The van der Waals surface area contributed by atoms with Gasteiger partial charge in [0.15, 0.2) is 11.5 Å². The molecule has 0 aliphatic rings. The number of anilines is 1. The average molecular weight is 465 g/mol. The molecule has 1 aromatic carbocycles. The van der Waals surface area contributed by atoms with Crippen LogP contribution in [-0.4, -0.2) is 29.0 Å². The van der Waals surface area contributed by atoms with E-state index >= 15 is 0 Å². The van der Waals surface area contributed by atoms with Crippen molar-refractivity contribution in [1.29, 1.82) is 0 Å². The number of pyridine rings is 1. The minimum absolute atomic E-state index is 0.0502. The fourth-order valence-corrected chi connectivity index (χ4v) is 4.61. The number of nitrogens with zero attached hydrogens (tertiary/aromatic N) is 3. The van der Waals surface area contributed by atoms with Gasteiger partial charge in [-0.25, -0.2) is 4.68 Å². The first-order chi connectivity index (χ1) is 15.6. The maximum Gasteiger partial charge on any atom is 0.261 e. The number of rotatable bonds is 8. The van der Waals surface area contributed by atoms with Crippen LogP contribution < -0.4 is 11.3 Å². The monoisotopic (exact) mass is 464 g/mol. The predicted octanol–water partition coefficient (Wildman–Crippen LogP) is 5.04. The second-order valence-electron chi connectivity index (χ2n) is 9.81. The van der Waals surface area contributed by atoms with Crippen LogP contribution in [0.1, 0.15) is 24.0 Å². The molecule has 0 bridgehead atoms. The van der Waals surface area contributed by atoms with Crippen molar-refractivity contribution in [2.45, 2.75) is 45.3 Å². The predicted molar refractivity (Wildman–Crippen MR) is 135 cm³/mol. The van der Waals surface area contributed by atoms with Gasteiger partial charge in [-0.3, -0.25) is 4.79 Å². The minimum Gasteiger partial charge on any atom is -0.454 e. The number of hydrogen-bond acceptors (Lipinski definition) is 5. The quantitative estimate of drug-likeness (QED) is 0.291. The molecule has 33 heavy (non-hydrogen) atoms. The fraction of sp³-hybridized carbons (Fsp3) is 0.360. The van der Waals surface area contributed by atoms with Gasteiger partial charge < -0.3 is 19.5 Å². The summed E-state index contributed by atoms with van der Waals surface area (Å²) in [6.07, 6.45) is 3.59. The first-order valence-corrected chi connectivity index (χ1v) is 14.9. The molecule has 0 saturated carbocycles. The summed E-state index contributed by atoms with van der Waals surface area (Å²) in [7, 11) is 0.612. The third-order valence-corrected chi connectivity index (χ3v) is 7.59. The summed E-state index contributed by atoms with van der Waals surface area (Å²) in [6, 6.07) is 13.0. The van der Waals surface area contributed by atoms with Crippen LogP contribution in [0.3, 0.4) is 0 Å². The molecule has 3 aromatic heterocycles. The molecule has 0 radical (unpaired) electrons. The number of nitrogen functional groups attached to an aromatic ring is 1. The number of fused-ring (bicyclic) bond motifs is 1. The first kappa shape index (κ1) is 23.1. The van der Waals surface area contributed by atoms with Gasteiger partial charge in [-0.15, -0.1) is 0 Å². The summed E-state index contributed by atoms with van der Waals surface area (Å²) in [6.45, 7) is 10.1. The van der Waals surface area contributed by atoms with E-state index in [9.17, 15) is 4.79 Å².